The molecule has 1 heterocycles. The van der Waals surface area contributed by atoms with Crippen molar-refractivity contribution in [1.29, 1.82) is 0 Å². The number of thioether (sulfide) groups is 1. The van der Waals surface area contributed by atoms with Gasteiger partial charge in [-0.05, 0) is 42.7 Å². The van der Waals surface area contributed by atoms with Gasteiger partial charge in [0.15, 0.2) is 0 Å². The van der Waals surface area contributed by atoms with Crippen LogP contribution in [-0.2, 0) is 0 Å². The largest absolute Gasteiger partial charge is 0.369 e. The Morgan fingerprint density at radius 1 is 1.06 bits per heavy atom. The molecule has 3 aromatic rings. The van der Waals surface area contributed by atoms with Crippen LogP contribution in [0.1, 0.15) is 0 Å². The number of imidazole rings is 1. The summed E-state index contributed by atoms with van der Waals surface area (Å²) in [5.74, 6) is 0.521. The molecule has 1 aromatic heterocycles. The van der Waals surface area contributed by atoms with Crippen LogP contribution < -0.4 is 5.73 Å². The molecule has 0 bridgehead atoms. The Labute approximate surface area is 110 Å². The number of para-hydroxylation sites is 2. The quantitative estimate of drug-likeness (QED) is 0.714. The molecule has 2 aromatic carbocycles. The van der Waals surface area contributed by atoms with Crippen molar-refractivity contribution in [3.8, 4) is 5.69 Å². The molecule has 0 fully saturated rings. The first-order valence-electron chi connectivity index (χ1n) is 5.67. The van der Waals surface area contributed by atoms with E-state index in [1.165, 1.54) is 4.90 Å². The van der Waals surface area contributed by atoms with Gasteiger partial charge in [0.1, 0.15) is 0 Å². The molecular formula is C14H13N3S. The predicted molar refractivity (Wildman–Crippen MR) is 77.3 cm³/mol. The Morgan fingerprint density at radius 2 is 1.78 bits per heavy atom. The number of aromatic nitrogens is 2. The van der Waals surface area contributed by atoms with E-state index in [4.69, 9.17) is 5.73 Å². The van der Waals surface area contributed by atoms with E-state index in [1.54, 1.807) is 11.8 Å². The molecule has 0 atom stereocenters. The van der Waals surface area contributed by atoms with Gasteiger partial charge in [0.2, 0.25) is 5.95 Å². The van der Waals surface area contributed by atoms with E-state index in [0.717, 1.165) is 16.7 Å². The molecule has 0 saturated heterocycles. The zero-order valence-corrected chi connectivity index (χ0v) is 10.8. The fourth-order valence-electron chi connectivity index (χ4n) is 2.05. The van der Waals surface area contributed by atoms with Crippen molar-refractivity contribution in [3.63, 3.8) is 0 Å². The maximum Gasteiger partial charge on any atom is 0.205 e. The standard InChI is InChI=1S/C14H13N3S/c1-18-11-8-6-10(7-9-11)17-13-5-3-2-4-12(13)16-14(17)15/h2-9H,1H3,(H2,15,16). The lowest BCUT2D eigenvalue weighted by molar-refractivity contribution is 1.10. The van der Waals surface area contributed by atoms with E-state index in [2.05, 4.69) is 35.5 Å². The van der Waals surface area contributed by atoms with Crippen molar-refractivity contribution >= 4 is 28.7 Å². The van der Waals surface area contributed by atoms with E-state index in [9.17, 15) is 0 Å². The van der Waals surface area contributed by atoms with E-state index >= 15 is 0 Å². The van der Waals surface area contributed by atoms with E-state index in [-0.39, 0.29) is 0 Å². The number of nitrogens with two attached hydrogens (primary N) is 1. The van der Waals surface area contributed by atoms with Crippen LogP contribution in [0.3, 0.4) is 0 Å². The summed E-state index contributed by atoms with van der Waals surface area (Å²) in [4.78, 5) is 5.61. The van der Waals surface area contributed by atoms with Gasteiger partial charge in [-0.15, -0.1) is 11.8 Å². The maximum atomic E-state index is 6.00. The van der Waals surface area contributed by atoms with Crippen LogP contribution in [0.25, 0.3) is 16.7 Å². The van der Waals surface area contributed by atoms with Crippen LogP contribution in [0.5, 0.6) is 0 Å². The molecule has 0 aliphatic carbocycles. The molecule has 0 radical (unpaired) electrons. The van der Waals surface area contributed by atoms with Crippen LogP contribution in [0.2, 0.25) is 0 Å². The number of nitrogens with zero attached hydrogens (tertiary/aromatic N) is 2. The van der Waals surface area contributed by atoms with Gasteiger partial charge in [-0.1, -0.05) is 12.1 Å². The maximum absolute atomic E-state index is 6.00. The summed E-state index contributed by atoms with van der Waals surface area (Å²) >= 11 is 1.73. The van der Waals surface area contributed by atoms with Gasteiger partial charge in [0.05, 0.1) is 11.0 Å². The summed E-state index contributed by atoms with van der Waals surface area (Å²) in [6, 6.07) is 16.3. The Hall–Kier alpha value is -1.94. The van der Waals surface area contributed by atoms with E-state index in [1.807, 2.05) is 28.8 Å². The van der Waals surface area contributed by atoms with Crippen LogP contribution in [0.15, 0.2) is 53.4 Å². The summed E-state index contributed by atoms with van der Waals surface area (Å²) in [6.45, 7) is 0. The minimum absolute atomic E-state index is 0.521. The zero-order valence-electron chi connectivity index (χ0n) is 10.00. The Morgan fingerprint density at radius 3 is 2.50 bits per heavy atom. The normalized spacial score (nSPS) is 10.9. The van der Waals surface area contributed by atoms with Crippen molar-refractivity contribution in [1.82, 2.24) is 9.55 Å². The van der Waals surface area contributed by atoms with Crippen molar-refractivity contribution < 1.29 is 0 Å². The van der Waals surface area contributed by atoms with Gasteiger partial charge in [-0.3, -0.25) is 4.57 Å². The zero-order chi connectivity index (χ0) is 12.5. The highest BCUT2D eigenvalue weighted by molar-refractivity contribution is 7.98. The Kier molecular flexibility index (Phi) is 2.72. The minimum Gasteiger partial charge on any atom is -0.369 e. The minimum atomic E-state index is 0.521. The monoisotopic (exact) mass is 255 g/mol. The average molecular weight is 255 g/mol. The highest BCUT2D eigenvalue weighted by Gasteiger charge is 2.08. The van der Waals surface area contributed by atoms with Gasteiger partial charge in [0.25, 0.3) is 0 Å². The van der Waals surface area contributed by atoms with Crippen molar-refractivity contribution in [2.45, 2.75) is 4.90 Å². The molecule has 18 heavy (non-hydrogen) atoms. The fraction of sp³-hybridized carbons (Fsp3) is 0.0714. The van der Waals surface area contributed by atoms with Gasteiger partial charge < -0.3 is 5.73 Å². The molecule has 2 N–H and O–H groups in total. The molecule has 0 spiro atoms. The fourth-order valence-corrected chi connectivity index (χ4v) is 2.46. The third-order valence-corrected chi connectivity index (χ3v) is 3.66. The average Bonchev–Trinajstić information content (AvgIpc) is 2.75. The number of nitrogen functional groups attached to an aromatic ring is 1. The SMILES string of the molecule is CSc1ccc(-n2c(N)nc3ccccc32)cc1. The number of anilines is 1. The van der Waals surface area contributed by atoms with Gasteiger partial charge in [-0.25, -0.2) is 4.98 Å². The van der Waals surface area contributed by atoms with Crippen LogP contribution in [0, 0.1) is 0 Å². The van der Waals surface area contributed by atoms with Gasteiger partial charge in [-0.2, -0.15) is 0 Å². The summed E-state index contributed by atoms with van der Waals surface area (Å²) in [5.41, 5.74) is 9.00. The second kappa shape index (κ2) is 4.38. The summed E-state index contributed by atoms with van der Waals surface area (Å²) < 4.78 is 1.97. The Bertz CT molecular complexity index is 686. The second-order valence-electron chi connectivity index (χ2n) is 3.99. The molecule has 3 rings (SSSR count). The predicted octanol–water partition coefficient (Wildman–Crippen LogP) is 3.33. The first-order chi connectivity index (χ1) is 8.79. The summed E-state index contributed by atoms with van der Waals surface area (Å²) in [5, 5.41) is 0. The van der Waals surface area contributed by atoms with Crippen LogP contribution >= 0.6 is 11.8 Å². The lowest BCUT2D eigenvalue weighted by Gasteiger charge is -2.07. The number of hydrogen-bond donors (Lipinski definition) is 1. The smallest absolute Gasteiger partial charge is 0.205 e. The lowest BCUT2D eigenvalue weighted by atomic mass is 10.3. The van der Waals surface area contributed by atoms with Crippen molar-refractivity contribution in [3.05, 3.63) is 48.5 Å². The summed E-state index contributed by atoms with van der Waals surface area (Å²) in [7, 11) is 0. The molecular weight excluding hydrogens is 242 g/mol. The topological polar surface area (TPSA) is 43.8 Å². The first-order valence-corrected chi connectivity index (χ1v) is 6.89. The highest BCUT2D eigenvalue weighted by Crippen LogP contribution is 2.24. The second-order valence-corrected chi connectivity index (χ2v) is 4.87. The molecule has 0 saturated carbocycles. The van der Waals surface area contributed by atoms with Crippen LogP contribution in [-0.4, -0.2) is 15.8 Å². The number of hydrogen-bond acceptors (Lipinski definition) is 3. The third kappa shape index (κ3) is 1.75. The number of benzene rings is 2. The van der Waals surface area contributed by atoms with Gasteiger partial charge in [0, 0.05) is 10.6 Å². The van der Waals surface area contributed by atoms with Crippen molar-refractivity contribution in [2.75, 3.05) is 12.0 Å². The molecule has 4 heteroatoms. The molecule has 0 amide bonds. The van der Waals surface area contributed by atoms with Crippen molar-refractivity contribution in [2.24, 2.45) is 0 Å². The summed E-state index contributed by atoms with van der Waals surface area (Å²) in [6.07, 6.45) is 2.07. The first kappa shape index (κ1) is 11.2. The van der Waals surface area contributed by atoms with E-state index in [0.29, 0.717) is 5.95 Å². The molecule has 90 valence electrons. The van der Waals surface area contributed by atoms with E-state index < -0.39 is 0 Å². The molecule has 0 aliphatic heterocycles. The third-order valence-electron chi connectivity index (χ3n) is 2.92. The Balaban J connectivity index is 2.20. The van der Waals surface area contributed by atoms with Gasteiger partial charge >= 0.3 is 0 Å². The number of rotatable bonds is 2. The molecule has 3 nitrogen and oxygen atoms in total. The molecule has 0 aliphatic rings. The molecule has 0 unspecified atom stereocenters. The lowest BCUT2D eigenvalue weighted by Crippen LogP contribution is -2.00. The van der Waals surface area contributed by atoms with Crippen LogP contribution in [0.4, 0.5) is 5.95 Å². The number of fused-ring (bicyclic) bond motifs is 1. The highest BCUT2D eigenvalue weighted by atomic mass is 32.2.